The number of hydrogen-bond donors (Lipinski definition) is 0. The molecule has 0 N–H and O–H groups in total. The number of fused-ring (bicyclic) bond motifs is 2. The summed E-state index contributed by atoms with van der Waals surface area (Å²) in [5.74, 6) is 4.01. The van der Waals surface area contributed by atoms with Crippen molar-refractivity contribution < 1.29 is 0 Å². The maximum atomic E-state index is 2.59. The highest BCUT2D eigenvalue weighted by atomic mass is 14.7. The summed E-state index contributed by atoms with van der Waals surface area (Å²) in [7, 11) is 0. The Hall–Kier alpha value is 0. The van der Waals surface area contributed by atoms with E-state index < -0.39 is 0 Å². The molecule has 0 spiro atoms. The van der Waals surface area contributed by atoms with E-state index in [-0.39, 0.29) is 0 Å². The standard InChI is InChI=1S/C16H27/c1-15(2)13-9-10-16(15,3)14(11-13)12-7-5-4-6-8-12/h12-13H,4-11H2,1-3H3/t13-,16-/m1/s1. The monoisotopic (exact) mass is 219 g/mol. The molecule has 1 radical (unpaired) electrons. The van der Waals surface area contributed by atoms with E-state index in [2.05, 4.69) is 20.8 Å². The molecule has 16 heavy (non-hydrogen) atoms. The largest absolute Gasteiger partial charge is 0.0591 e. The molecule has 3 saturated carbocycles. The first kappa shape index (κ1) is 11.1. The van der Waals surface area contributed by atoms with E-state index in [0.29, 0.717) is 10.8 Å². The summed E-state index contributed by atoms with van der Waals surface area (Å²) in [5, 5.41) is 0. The average molecular weight is 219 g/mol. The Morgan fingerprint density at radius 2 is 1.62 bits per heavy atom. The summed E-state index contributed by atoms with van der Waals surface area (Å²) in [6.45, 7) is 7.67. The van der Waals surface area contributed by atoms with E-state index in [1.54, 1.807) is 0 Å². The van der Waals surface area contributed by atoms with E-state index >= 15 is 0 Å². The molecule has 2 bridgehead atoms. The normalized spacial score (nSPS) is 44.1. The first-order valence-corrected chi connectivity index (χ1v) is 7.42. The smallest absolute Gasteiger partial charge is 0.0143 e. The lowest BCUT2D eigenvalue weighted by Gasteiger charge is -2.43. The highest BCUT2D eigenvalue weighted by Gasteiger charge is 2.62. The predicted octanol–water partition coefficient (Wildman–Crippen LogP) is 4.99. The fourth-order valence-electron chi connectivity index (χ4n) is 5.09. The maximum absolute atomic E-state index is 2.59. The van der Waals surface area contributed by atoms with Gasteiger partial charge in [-0.15, -0.1) is 0 Å². The summed E-state index contributed by atoms with van der Waals surface area (Å²) < 4.78 is 0. The molecule has 0 unspecified atom stereocenters. The van der Waals surface area contributed by atoms with Gasteiger partial charge < -0.3 is 0 Å². The SMILES string of the molecule is CC1(C)[C@@H]2CC[C@]1(C)[C](C1CCCCC1)C2. The molecule has 91 valence electrons. The van der Waals surface area contributed by atoms with Crippen molar-refractivity contribution in [2.24, 2.45) is 22.7 Å². The van der Waals surface area contributed by atoms with Crippen LogP contribution in [-0.4, -0.2) is 0 Å². The van der Waals surface area contributed by atoms with Crippen molar-refractivity contribution >= 4 is 0 Å². The van der Waals surface area contributed by atoms with Gasteiger partial charge in [0.15, 0.2) is 0 Å². The van der Waals surface area contributed by atoms with Gasteiger partial charge in [0.2, 0.25) is 0 Å². The van der Waals surface area contributed by atoms with Gasteiger partial charge in [-0.2, -0.15) is 0 Å². The Morgan fingerprint density at radius 1 is 0.938 bits per heavy atom. The molecular formula is C16H27. The van der Waals surface area contributed by atoms with Crippen LogP contribution in [-0.2, 0) is 0 Å². The molecular weight excluding hydrogens is 192 g/mol. The summed E-state index contributed by atoms with van der Waals surface area (Å²) in [4.78, 5) is 0. The average Bonchev–Trinajstić information content (AvgIpc) is 2.62. The first-order chi connectivity index (χ1) is 7.56. The summed E-state index contributed by atoms with van der Waals surface area (Å²) >= 11 is 0. The topological polar surface area (TPSA) is 0 Å². The lowest BCUT2D eigenvalue weighted by molar-refractivity contribution is 0.143. The molecule has 0 heteroatoms. The Balaban J connectivity index is 1.83. The van der Waals surface area contributed by atoms with Crippen LogP contribution in [0.4, 0.5) is 0 Å². The third-order valence-corrected chi connectivity index (χ3v) is 6.71. The van der Waals surface area contributed by atoms with Crippen molar-refractivity contribution in [3.63, 3.8) is 0 Å². The third-order valence-electron chi connectivity index (χ3n) is 6.71. The molecule has 0 aromatic carbocycles. The second-order valence-corrected chi connectivity index (χ2v) is 7.35. The van der Waals surface area contributed by atoms with Gasteiger partial charge >= 0.3 is 0 Å². The van der Waals surface area contributed by atoms with Crippen LogP contribution in [0.1, 0.15) is 72.1 Å². The highest BCUT2D eigenvalue weighted by molar-refractivity contribution is 5.25. The molecule has 0 aliphatic heterocycles. The van der Waals surface area contributed by atoms with Gasteiger partial charge in [-0.1, -0.05) is 40.0 Å². The Labute approximate surface area is 101 Å². The number of rotatable bonds is 1. The zero-order valence-corrected chi connectivity index (χ0v) is 11.3. The minimum absolute atomic E-state index is 0.597. The highest BCUT2D eigenvalue weighted by Crippen LogP contribution is 2.71. The minimum atomic E-state index is 0.597. The second kappa shape index (κ2) is 3.50. The molecule has 0 aromatic rings. The molecule has 0 heterocycles. The van der Waals surface area contributed by atoms with Gasteiger partial charge in [0.25, 0.3) is 0 Å². The van der Waals surface area contributed by atoms with Crippen molar-refractivity contribution in [2.75, 3.05) is 0 Å². The Kier molecular flexibility index (Phi) is 2.43. The van der Waals surface area contributed by atoms with E-state index in [1.807, 2.05) is 5.92 Å². The van der Waals surface area contributed by atoms with Gasteiger partial charge in [0.05, 0.1) is 0 Å². The van der Waals surface area contributed by atoms with Gasteiger partial charge in [0.1, 0.15) is 0 Å². The lowest BCUT2D eigenvalue weighted by Crippen LogP contribution is -2.35. The summed E-state index contributed by atoms with van der Waals surface area (Å²) in [6, 6.07) is 0. The van der Waals surface area contributed by atoms with Crippen LogP contribution < -0.4 is 0 Å². The molecule has 3 aliphatic rings. The zero-order chi connectivity index (χ0) is 11.4. The van der Waals surface area contributed by atoms with Crippen molar-refractivity contribution in [2.45, 2.75) is 72.1 Å². The maximum Gasteiger partial charge on any atom is -0.0143 e. The fraction of sp³-hybridized carbons (Fsp3) is 0.938. The first-order valence-electron chi connectivity index (χ1n) is 7.42. The third kappa shape index (κ3) is 1.28. The van der Waals surface area contributed by atoms with Crippen molar-refractivity contribution in [1.82, 2.24) is 0 Å². The van der Waals surface area contributed by atoms with Crippen LogP contribution in [0.3, 0.4) is 0 Å². The molecule has 0 amide bonds. The molecule has 2 atom stereocenters. The molecule has 0 saturated heterocycles. The molecule has 3 aliphatic carbocycles. The fourth-order valence-corrected chi connectivity index (χ4v) is 5.09. The zero-order valence-electron chi connectivity index (χ0n) is 11.3. The quantitative estimate of drug-likeness (QED) is 0.583. The van der Waals surface area contributed by atoms with Crippen LogP contribution >= 0.6 is 0 Å². The van der Waals surface area contributed by atoms with Gasteiger partial charge in [0, 0.05) is 0 Å². The van der Waals surface area contributed by atoms with Gasteiger partial charge in [-0.05, 0) is 60.7 Å². The van der Waals surface area contributed by atoms with E-state index in [0.717, 1.165) is 11.8 Å². The Morgan fingerprint density at radius 3 is 2.12 bits per heavy atom. The van der Waals surface area contributed by atoms with Crippen LogP contribution in [0.15, 0.2) is 0 Å². The van der Waals surface area contributed by atoms with E-state index in [4.69, 9.17) is 0 Å². The minimum Gasteiger partial charge on any atom is -0.0591 e. The second-order valence-electron chi connectivity index (χ2n) is 7.35. The van der Waals surface area contributed by atoms with Crippen LogP contribution in [0.2, 0.25) is 0 Å². The summed E-state index contributed by atoms with van der Waals surface area (Å²) in [5.41, 5.74) is 1.19. The van der Waals surface area contributed by atoms with Crippen molar-refractivity contribution in [3.8, 4) is 0 Å². The molecule has 3 fully saturated rings. The molecule has 0 aromatic heterocycles. The van der Waals surface area contributed by atoms with Crippen molar-refractivity contribution in [1.29, 1.82) is 0 Å². The van der Waals surface area contributed by atoms with E-state index in [1.165, 1.54) is 51.4 Å². The van der Waals surface area contributed by atoms with Crippen LogP contribution in [0.5, 0.6) is 0 Å². The molecule has 0 nitrogen and oxygen atoms in total. The Bertz CT molecular complexity index is 272. The van der Waals surface area contributed by atoms with Crippen molar-refractivity contribution in [3.05, 3.63) is 5.92 Å². The van der Waals surface area contributed by atoms with Gasteiger partial charge in [-0.3, -0.25) is 0 Å². The number of hydrogen-bond acceptors (Lipinski definition) is 0. The predicted molar refractivity (Wildman–Crippen MR) is 69.0 cm³/mol. The molecule has 3 rings (SSSR count). The summed E-state index contributed by atoms with van der Waals surface area (Å²) in [6.07, 6.45) is 12.0. The van der Waals surface area contributed by atoms with Crippen LogP contribution in [0, 0.1) is 28.6 Å². The lowest BCUT2D eigenvalue weighted by atomic mass is 9.61. The van der Waals surface area contributed by atoms with E-state index in [9.17, 15) is 0 Å². The van der Waals surface area contributed by atoms with Gasteiger partial charge in [-0.25, -0.2) is 0 Å². The van der Waals surface area contributed by atoms with Crippen LogP contribution in [0.25, 0.3) is 0 Å².